The zero-order valence-corrected chi connectivity index (χ0v) is 8.46. The molecule has 1 heterocycles. The minimum absolute atomic E-state index is 0.165. The van der Waals surface area contributed by atoms with Crippen molar-refractivity contribution in [3.05, 3.63) is 35.9 Å². The van der Waals surface area contributed by atoms with Crippen molar-refractivity contribution in [2.45, 2.75) is 12.5 Å². The van der Waals surface area contributed by atoms with E-state index in [-0.39, 0.29) is 6.04 Å². The molecule has 0 aromatic heterocycles. The summed E-state index contributed by atoms with van der Waals surface area (Å²) in [7, 11) is -1.87. The van der Waals surface area contributed by atoms with E-state index in [1.54, 1.807) is 6.26 Å². The minimum atomic E-state index is -1.87. The van der Waals surface area contributed by atoms with Gasteiger partial charge in [0.05, 0.1) is 6.04 Å². The maximum absolute atomic E-state index is 11.6. The van der Waals surface area contributed by atoms with Crippen molar-refractivity contribution in [2.24, 2.45) is 4.36 Å². The first kappa shape index (κ1) is 8.75. The van der Waals surface area contributed by atoms with Gasteiger partial charge in [-0.15, -0.1) is 0 Å². The molecule has 0 radical (unpaired) electrons. The van der Waals surface area contributed by atoms with Crippen LogP contribution >= 0.6 is 0 Å². The minimum Gasteiger partial charge on any atom is -0.250 e. The lowest BCUT2D eigenvalue weighted by molar-refractivity contribution is 0.682. The third-order valence-electron chi connectivity index (χ3n) is 2.30. The predicted molar refractivity (Wildman–Crippen MR) is 55.2 cm³/mol. The largest absolute Gasteiger partial charge is 0.250 e. The van der Waals surface area contributed by atoms with Crippen molar-refractivity contribution in [1.82, 2.24) is 0 Å². The van der Waals surface area contributed by atoms with E-state index in [1.807, 2.05) is 18.2 Å². The lowest BCUT2D eigenvalue weighted by atomic mass is 10.1. The van der Waals surface area contributed by atoms with Crippen LogP contribution in [0.3, 0.4) is 0 Å². The van der Waals surface area contributed by atoms with Crippen LogP contribution in [0.4, 0.5) is 0 Å². The van der Waals surface area contributed by atoms with Gasteiger partial charge in [-0.25, -0.2) is 4.36 Å². The summed E-state index contributed by atoms with van der Waals surface area (Å²) in [4.78, 5) is 0. The molecule has 2 atom stereocenters. The highest BCUT2D eigenvalue weighted by atomic mass is 32.2. The van der Waals surface area contributed by atoms with Gasteiger partial charge in [0.25, 0.3) is 0 Å². The molecule has 2 unspecified atom stereocenters. The van der Waals surface area contributed by atoms with Crippen LogP contribution in [0.2, 0.25) is 0 Å². The van der Waals surface area contributed by atoms with Gasteiger partial charge in [-0.05, 0) is 12.0 Å². The summed E-state index contributed by atoms with van der Waals surface area (Å²) < 4.78 is 15.9. The van der Waals surface area contributed by atoms with E-state index in [9.17, 15) is 4.21 Å². The van der Waals surface area contributed by atoms with E-state index in [2.05, 4.69) is 16.5 Å². The van der Waals surface area contributed by atoms with E-state index in [4.69, 9.17) is 0 Å². The van der Waals surface area contributed by atoms with Gasteiger partial charge in [0, 0.05) is 21.7 Å². The maximum Gasteiger partial charge on any atom is 0.0852 e. The number of hydrogen-bond acceptors (Lipinski definition) is 2. The Morgan fingerprint density at radius 1 is 1.38 bits per heavy atom. The first-order valence-electron chi connectivity index (χ1n) is 4.41. The summed E-state index contributed by atoms with van der Waals surface area (Å²) in [5.74, 6) is 0.743. The van der Waals surface area contributed by atoms with Crippen LogP contribution in [0.15, 0.2) is 34.7 Å². The molecule has 1 aliphatic rings. The van der Waals surface area contributed by atoms with Gasteiger partial charge >= 0.3 is 0 Å². The van der Waals surface area contributed by atoms with Gasteiger partial charge in [-0.2, -0.15) is 0 Å². The third-order valence-corrected chi connectivity index (χ3v) is 4.00. The van der Waals surface area contributed by atoms with E-state index in [0.717, 1.165) is 12.2 Å². The summed E-state index contributed by atoms with van der Waals surface area (Å²) in [5, 5.41) is 0. The first-order chi connectivity index (χ1) is 6.17. The van der Waals surface area contributed by atoms with Crippen LogP contribution in [0.25, 0.3) is 0 Å². The second-order valence-electron chi connectivity index (χ2n) is 3.48. The Morgan fingerprint density at radius 2 is 2.08 bits per heavy atom. The maximum atomic E-state index is 11.6. The number of hydrogen-bond donors (Lipinski definition) is 0. The van der Waals surface area contributed by atoms with Gasteiger partial charge in [0.2, 0.25) is 0 Å². The van der Waals surface area contributed by atoms with Crippen molar-refractivity contribution in [2.75, 3.05) is 12.0 Å². The molecule has 1 aromatic carbocycles. The number of nitrogens with zero attached hydrogens (tertiary/aromatic N) is 1. The van der Waals surface area contributed by atoms with E-state index in [0.29, 0.717) is 0 Å². The van der Waals surface area contributed by atoms with Gasteiger partial charge in [0.1, 0.15) is 0 Å². The molecule has 0 N–H and O–H groups in total. The second-order valence-corrected chi connectivity index (χ2v) is 6.02. The molecule has 70 valence electrons. The summed E-state index contributed by atoms with van der Waals surface area (Å²) in [5.41, 5.74) is 1.19. The summed E-state index contributed by atoms with van der Waals surface area (Å²) in [6.45, 7) is 0. The Hall–Kier alpha value is -0.830. The highest BCUT2D eigenvalue weighted by Gasteiger charge is 2.20. The van der Waals surface area contributed by atoms with Gasteiger partial charge in [-0.3, -0.25) is 4.21 Å². The number of rotatable bonds is 1. The average molecular weight is 195 g/mol. The average Bonchev–Trinajstić information content (AvgIpc) is 2.48. The molecule has 0 saturated carbocycles. The fourth-order valence-electron chi connectivity index (χ4n) is 1.61. The molecule has 1 aliphatic heterocycles. The molecule has 0 spiro atoms. The molecule has 0 amide bonds. The van der Waals surface area contributed by atoms with Crippen LogP contribution in [0.5, 0.6) is 0 Å². The number of benzene rings is 1. The van der Waals surface area contributed by atoms with Crippen LogP contribution in [0, 0.1) is 0 Å². The molecule has 1 aromatic rings. The first-order valence-corrected chi connectivity index (χ1v) is 6.50. The Kier molecular flexibility index (Phi) is 2.12. The zero-order valence-electron chi connectivity index (χ0n) is 7.64. The molecular weight excluding hydrogens is 182 g/mol. The predicted octanol–water partition coefficient (Wildman–Crippen LogP) is 2.23. The monoisotopic (exact) mass is 195 g/mol. The topological polar surface area (TPSA) is 29.4 Å². The summed E-state index contributed by atoms with van der Waals surface area (Å²) in [6, 6.07) is 10.3. The second kappa shape index (κ2) is 3.14. The van der Waals surface area contributed by atoms with E-state index < -0.39 is 9.73 Å². The van der Waals surface area contributed by atoms with E-state index in [1.165, 1.54) is 5.56 Å². The quantitative estimate of drug-likeness (QED) is 0.675. The van der Waals surface area contributed by atoms with Gasteiger partial charge < -0.3 is 0 Å². The normalized spacial score (nSPS) is 32.8. The van der Waals surface area contributed by atoms with Gasteiger partial charge in [-0.1, -0.05) is 30.3 Å². The summed E-state index contributed by atoms with van der Waals surface area (Å²) >= 11 is 0. The molecule has 0 aliphatic carbocycles. The fourth-order valence-corrected chi connectivity index (χ4v) is 3.14. The molecule has 2 nitrogen and oxygen atoms in total. The van der Waals surface area contributed by atoms with Gasteiger partial charge in [0.15, 0.2) is 0 Å². The van der Waals surface area contributed by atoms with Crippen molar-refractivity contribution in [1.29, 1.82) is 0 Å². The molecule has 0 bridgehead atoms. The smallest absolute Gasteiger partial charge is 0.0852 e. The van der Waals surface area contributed by atoms with Crippen molar-refractivity contribution < 1.29 is 4.21 Å². The molecule has 3 heteroatoms. The van der Waals surface area contributed by atoms with E-state index >= 15 is 0 Å². The molecule has 0 fully saturated rings. The molecule has 2 rings (SSSR count). The lowest BCUT2D eigenvalue weighted by Gasteiger charge is -2.04. The third kappa shape index (κ3) is 1.91. The standard InChI is InChI=1S/C10H13NOS/c1-13(12)8-7-10(11-13)9-5-3-2-4-6-9/h2-6,10H,7-8H2,1H3. The fraction of sp³-hybridized carbons (Fsp3) is 0.400. The van der Waals surface area contributed by atoms with Crippen molar-refractivity contribution in [3.63, 3.8) is 0 Å². The van der Waals surface area contributed by atoms with Crippen molar-refractivity contribution >= 4 is 9.73 Å². The highest BCUT2D eigenvalue weighted by molar-refractivity contribution is 7.93. The molecule has 0 saturated heterocycles. The van der Waals surface area contributed by atoms with Crippen molar-refractivity contribution in [3.8, 4) is 0 Å². The Labute approximate surface area is 79.2 Å². The molecular formula is C10H13NOS. The summed E-state index contributed by atoms with van der Waals surface area (Å²) in [6.07, 6.45) is 2.68. The van der Waals surface area contributed by atoms with Crippen LogP contribution in [0.1, 0.15) is 18.0 Å². The lowest BCUT2D eigenvalue weighted by Crippen LogP contribution is -1.94. The van der Waals surface area contributed by atoms with Crippen LogP contribution < -0.4 is 0 Å². The SMILES string of the molecule is CS1(=O)=NC(c2ccccc2)CC1. The zero-order chi connectivity index (χ0) is 9.31. The Balaban J connectivity index is 2.32. The Bertz CT molecular complexity index is 404. The Morgan fingerprint density at radius 3 is 2.62 bits per heavy atom. The van der Waals surface area contributed by atoms with Crippen LogP contribution in [-0.2, 0) is 9.73 Å². The highest BCUT2D eigenvalue weighted by Crippen LogP contribution is 2.28. The molecule has 13 heavy (non-hydrogen) atoms. The van der Waals surface area contributed by atoms with Crippen LogP contribution in [-0.4, -0.2) is 16.2 Å².